The smallest absolute Gasteiger partial charge is 0.244 e. The molecular formula is C13H17BrN2O4S. The third-order valence-corrected chi connectivity index (χ3v) is 6.57. The molecule has 21 heavy (non-hydrogen) atoms. The number of hydrogen-bond donors (Lipinski definition) is 1. The fourth-order valence-electron chi connectivity index (χ4n) is 2.50. The van der Waals surface area contributed by atoms with Gasteiger partial charge in [-0.15, -0.1) is 0 Å². The molecule has 1 saturated heterocycles. The van der Waals surface area contributed by atoms with Crippen molar-refractivity contribution < 1.29 is 17.9 Å². The van der Waals surface area contributed by atoms with Gasteiger partial charge in [0, 0.05) is 29.7 Å². The largest absolute Gasteiger partial charge is 0.486 e. The van der Waals surface area contributed by atoms with Crippen LogP contribution in [0.5, 0.6) is 11.5 Å². The average Bonchev–Trinajstić information content (AvgIpc) is 2.47. The molecular weight excluding hydrogens is 360 g/mol. The predicted octanol–water partition coefficient (Wildman–Crippen LogP) is 1.33. The summed E-state index contributed by atoms with van der Waals surface area (Å²) in [6.45, 7) is 1.79. The molecule has 1 aromatic rings. The van der Waals surface area contributed by atoms with Gasteiger partial charge in [-0.3, -0.25) is 0 Å². The minimum atomic E-state index is -3.55. The highest BCUT2D eigenvalue weighted by atomic mass is 79.9. The van der Waals surface area contributed by atoms with E-state index in [-0.39, 0.29) is 10.9 Å². The Morgan fingerprint density at radius 1 is 1.14 bits per heavy atom. The van der Waals surface area contributed by atoms with E-state index >= 15 is 0 Å². The van der Waals surface area contributed by atoms with Crippen LogP contribution >= 0.6 is 15.9 Å². The summed E-state index contributed by atoms with van der Waals surface area (Å²) in [5.74, 6) is 1.03. The highest BCUT2D eigenvalue weighted by Gasteiger charge is 2.31. The van der Waals surface area contributed by atoms with Crippen molar-refractivity contribution in [3.63, 3.8) is 0 Å². The molecule has 0 amide bonds. The Hall–Kier alpha value is -0.830. The normalized spacial score (nSPS) is 20.5. The number of rotatable bonds is 2. The van der Waals surface area contributed by atoms with Crippen molar-refractivity contribution >= 4 is 26.0 Å². The molecule has 0 radical (unpaired) electrons. The standard InChI is InChI=1S/C13H17BrN2O4S/c14-10-7-11-12(20-6-5-19-11)8-13(10)21(17,18)16-3-1-9(15)2-4-16/h7-9H,1-6,15H2. The number of ether oxygens (including phenoxy) is 2. The molecule has 2 N–H and O–H groups in total. The highest BCUT2D eigenvalue weighted by Crippen LogP contribution is 2.38. The van der Waals surface area contributed by atoms with Crippen LogP contribution in [0.3, 0.4) is 0 Å². The molecule has 0 saturated carbocycles. The lowest BCUT2D eigenvalue weighted by molar-refractivity contribution is 0.171. The number of hydrogen-bond acceptors (Lipinski definition) is 5. The highest BCUT2D eigenvalue weighted by molar-refractivity contribution is 9.10. The first-order valence-corrected chi connectivity index (χ1v) is 9.06. The zero-order valence-electron chi connectivity index (χ0n) is 11.4. The van der Waals surface area contributed by atoms with Gasteiger partial charge in [0.25, 0.3) is 0 Å². The fraction of sp³-hybridized carbons (Fsp3) is 0.538. The Morgan fingerprint density at radius 2 is 1.71 bits per heavy atom. The number of sulfonamides is 1. The topological polar surface area (TPSA) is 81.9 Å². The lowest BCUT2D eigenvalue weighted by Gasteiger charge is -2.30. The van der Waals surface area contributed by atoms with Crippen molar-refractivity contribution in [1.29, 1.82) is 0 Å². The lowest BCUT2D eigenvalue weighted by Crippen LogP contribution is -2.42. The molecule has 0 unspecified atom stereocenters. The Kier molecular flexibility index (Phi) is 4.13. The maximum Gasteiger partial charge on any atom is 0.244 e. The summed E-state index contributed by atoms with van der Waals surface area (Å²) in [4.78, 5) is 0.210. The van der Waals surface area contributed by atoms with Gasteiger partial charge >= 0.3 is 0 Å². The van der Waals surface area contributed by atoms with Crippen molar-refractivity contribution in [2.24, 2.45) is 5.73 Å². The van der Waals surface area contributed by atoms with Crippen LogP contribution in [0.4, 0.5) is 0 Å². The van der Waals surface area contributed by atoms with Crippen molar-refractivity contribution in [2.75, 3.05) is 26.3 Å². The van der Waals surface area contributed by atoms with Crippen LogP contribution in [-0.2, 0) is 10.0 Å². The molecule has 0 bridgehead atoms. The van der Waals surface area contributed by atoms with E-state index < -0.39 is 10.0 Å². The van der Waals surface area contributed by atoms with Gasteiger partial charge in [0.05, 0.1) is 0 Å². The summed E-state index contributed by atoms with van der Waals surface area (Å²) in [6.07, 6.45) is 1.36. The molecule has 2 aliphatic heterocycles. The maximum atomic E-state index is 12.8. The Labute approximate surface area is 132 Å². The molecule has 116 valence electrons. The van der Waals surface area contributed by atoms with Crippen LogP contribution in [0.1, 0.15) is 12.8 Å². The van der Waals surface area contributed by atoms with Crippen LogP contribution in [0.2, 0.25) is 0 Å². The predicted molar refractivity (Wildman–Crippen MR) is 81.1 cm³/mol. The first-order valence-electron chi connectivity index (χ1n) is 6.83. The van der Waals surface area contributed by atoms with E-state index in [0.717, 1.165) is 0 Å². The number of halogens is 1. The third-order valence-electron chi connectivity index (χ3n) is 3.71. The first kappa shape index (κ1) is 15.1. The Balaban J connectivity index is 1.95. The molecule has 6 nitrogen and oxygen atoms in total. The second kappa shape index (κ2) is 5.75. The van der Waals surface area contributed by atoms with Crippen LogP contribution < -0.4 is 15.2 Å². The van der Waals surface area contributed by atoms with Crippen LogP contribution in [0, 0.1) is 0 Å². The summed E-state index contributed by atoms with van der Waals surface area (Å²) < 4.78 is 38.4. The molecule has 0 aliphatic carbocycles. The van der Waals surface area contributed by atoms with Gasteiger partial charge in [0.1, 0.15) is 18.1 Å². The van der Waals surface area contributed by atoms with Crippen molar-refractivity contribution in [2.45, 2.75) is 23.8 Å². The molecule has 2 heterocycles. The third kappa shape index (κ3) is 2.90. The van der Waals surface area contributed by atoms with E-state index in [2.05, 4.69) is 15.9 Å². The van der Waals surface area contributed by atoms with Crippen molar-refractivity contribution in [3.05, 3.63) is 16.6 Å². The van der Waals surface area contributed by atoms with Gasteiger partial charge in [0.15, 0.2) is 11.5 Å². The monoisotopic (exact) mass is 376 g/mol. The van der Waals surface area contributed by atoms with Crippen LogP contribution in [0.15, 0.2) is 21.5 Å². The Morgan fingerprint density at radius 3 is 2.33 bits per heavy atom. The second-order valence-electron chi connectivity index (χ2n) is 5.17. The molecule has 0 spiro atoms. The van der Waals surface area contributed by atoms with E-state index in [1.165, 1.54) is 10.4 Å². The molecule has 3 rings (SSSR count). The van der Waals surface area contributed by atoms with E-state index in [9.17, 15) is 8.42 Å². The molecule has 1 fully saturated rings. The van der Waals surface area contributed by atoms with Gasteiger partial charge in [0.2, 0.25) is 10.0 Å². The van der Waals surface area contributed by atoms with Gasteiger partial charge in [-0.05, 0) is 34.8 Å². The summed E-state index contributed by atoms with van der Waals surface area (Å²) in [5.41, 5.74) is 5.83. The average molecular weight is 377 g/mol. The Bertz CT molecular complexity index is 642. The number of fused-ring (bicyclic) bond motifs is 1. The lowest BCUT2D eigenvalue weighted by atomic mass is 10.1. The summed E-state index contributed by atoms with van der Waals surface area (Å²) in [5, 5.41) is 0. The molecule has 0 atom stereocenters. The minimum Gasteiger partial charge on any atom is -0.486 e. The van der Waals surface area contributed by atoms with Crippen LogP contribution in [0.25, 0.3) is 0 Å². The molecule has 0 aromatic heterocycles. The van der Waals surface area contributed by atoms with Crippen LogP contribution in [-0.4, -0.2) is 45.1 Å². The number of nitrogens with two attached hydrogens (primary N) is 1. The fourth-order valence-corrected chi connectivity index (χ4v) is 4.97. The quantitative estimate of drug-likeness (QED) is 0.841. The summed E-state index contributed by atoms with van der Waals surface area (Å²) in [7, 11) is -3.55. The molecule has 2 aliphatic rings. The van der Waals surface area contributed by atoms with Gasteiger partial charge in [-0.2, -0.15) is 4.31 Å². The maximum absolute atomic E-state index is 12.8. The van der Waals surface area contributed by atoms with Crippen molar-refractivity contribution in [1.82, 2.24) is 4.31 Å². The van der Waals surface area contributed by atoms with Gasteiger partial charge in [-0.25, -0.2) is 8.42 Å². The zero-order valence-corrected chi connectivity index (χ0v) is 13.8. The number of benzene rings is 1. The van der Waals surface area contributed by atoms with E-state index in [1.807, 2.05) is 0 Å². The van der Waals surface area contributed by atoms with E-state index in [0.29, 0.717) is 55.1 Å². The summed E-state index contributed by atoms with van der Waals surface area (Å²) in [6, 6.07) is 3.26. The summed E-state index contributed by atoms with van der Waals surface area (Å²) >= 11 is 3.32. The SMILES string of the molecule is NC1CCN(S(=O)(=O)c2cc3c(cc2Br)OCCO3)CC1. The first-order chi connectivity index (χ1) is 9.98. The van der Waals surface area contributed by atoms with Gasteiger partial charge < -0.3 is 15.2 Å². The number of piperidine rings is 1. The van der Waals surface area contributed by atoms with Crippen molar-refractivity contribution in [3.8, 4) is 11.5 Å². The van der Waals surface area contributed by atoms with Gasteiger partial charge in [-0.1, -0.05) is 0 Å². The zero-order chi connectivity index (χ0) is 15.0. The van der Waals surface area contributed by atoms with E-state index in [1.54, 1.807) is 6.07 Å². The molecule has 1 aromatic carbocycles. The number of nitrogens with zero attached hydrogens (tertiary/aromatic N) is 1. The minimum absolute atomic E-state index is 0.0835. The second-order valence-corrected chi connectivity index (χ2v) is 7.93. The molecule has 8 heteroatoms. The van der Waals surface area contributed by atoms with E-state index in [4.69, 9.17) is 15.2 Å².